The van der Waals surface area contributed by atoms with Crippen molar-refractivity contribution in [1.29, 1.82) is 0 Å². The molecule has 1 unspecified atom stereocenters. The molecule has 0 aromatic heterocycles. The van der Waals surface area contributed by atoms with Gasteiger partial charge in [0.2, 0.25) is 11.8 Å². The van der Waals surface area contributed by atoms with E-state index < -0.39 is 0 Å². The lowest BCUT2D eigenvalue weighted by atomic mass is 9.89. The van der Waals surface area contributed by atoms with Crippen LogP contribution in [0.3, 0.4) is 0 Å². The van der Waals surface area contributed by atoms with Gasteiger partial charge >= 0.3 is 0 Å². The Morgan fingerprint density at radius 2 is 1.75 bits per heavy atom. The molecular formula is C19H29N3O2. The monoisotopic (exact) mass is 331 g/mol. The van der Waals surface area contributed by atoms with Crippen molar-refractivity contribution < 1.29 is 9.59 Å². The van der Waals surface area contributed by atoms with Crippen LogP contribution in [0.4, 0.5) is 0 Å². The maximum absolute atomic E-state index is 12.1. The minimum Gasteiger partial charge on any atom is -0.353 e. The van der Waals surface area contributed by atoms with Crippen LogP contribution in [0.25, 0.3) is 0 Å². The first-order valence-electron chi connectivity index (χ1n) is 8.83. The van der Waals surface area contributed by atoms with Gasteiger partial charge in [0.25, 0.3) is 0 Å². The molecule has 2 rings (SSSR count). The number of rotatable bonds is 7. The Hall–Kier alpha value is -1.88. The summed E-state index contributed by atoms with van der Waals surface area (Å²) in [4.78, 5) is 26.2. The fourth-order valence-corrected chi connectivity index (χ4v) is 3.22. The molecule has 0 spiro atoms. The van der Waals surface area contributed by atoms with Crippen LogP contribution in [-0.2, 0) is 9.59 Å². The fourth-order valence-electron chi connectivity index (χ4n) is 3.22. The summed E-state index contributed by atoms with van der Waals surface area (Å²) in [6, 6.07) is 10.2. The molecule has 1 fully saturated rings. The number of likely N-dealkylation sites (N-methyl/N-ethyl adjacent to an activating group) is 1. The van der Waals surface area contributed by atoms with Crippen molar-refractivity contribution in [3.05, 3.63) is 35.9 Å². The lowest BCUT2D eigenvalue weighted by Gasteiger charge is -2.25. The van der Waals surface area contributed by atoms with Crippen molar-refractivity contribution in [1.82, 2.24) is 15.5 Å². The lowest BCUT2D eigenvalue weighted by Crippen LogP contribution is -2.42. The summed E-state index contributed by atoms with van der Waals surface area (Å²) in [6.45, 7) is 0.583. The minimum absolute atomic E-state index is 0.0251. The summed E-state index contributed by atoms with van der Waals surface area (Å²) in [5.41, 5.74) is 1.16. The number of carbonyl (C=O) groups is 2. The molecule has 0 heterocycles. The first-order valence-corrected chi connectivity index (χ1v) is 8.83. The SMILES string of the molecule is CN(C)C(CNC(=O)CNC(=O)C1CCCCC1)c1ccccc1. The number of nitrogens with one attached hydrogen (secondary N) is 2. The van der Waals surface area contributed by atoms with E-state index in [1.165, 1.54) is 6.42 Å². The van der Waals surface area contributed by atoms with Crippen LogP contribution in [0, 0.1) is 5.92 Å². The molecule has 1 saturated carbocycles. The molecule has 1 aromatic rings. The second-order valence-electron chi connectivity index (χ2n) is 6.75. The molecule has 0 radical (unpaired) electrons. The predicted molar refractivity (Wildman–Crippen MR) is 95.5 cm³/mol. The largest absolute Gasteiger partial charge is 0.353 e. The van der Waals surface area contributed by atoms with Gasteiger partial charge in [0, 0.05) is 12.5 Å². The molecule has 0 aliphatic heterocycles. The van der Waals surface area contributed by atoms with Crippen molar-refractivity contribution in [3.8, 4) is 0 Å². The number of carbonyl (C=O) groups excluding carboxylic acids is 2. The third kappa shape index (κ3) is 5.64. The Kier molecular flexibility index (Phi) is 7.25. The average molecular weight is 331 g/mol. The molecule has 1 aliphatic carbocycles. The topological polar surface area (TPSA) is 61.4 Å². The minimum atomic E-state index is -0.137. The van der Waals surface area contributed by atoms with E-state index in [4.69, 9.17) is 0 Å². The zero-order valence-corrected chi connectivity index (χ0v) is 14.8. The van der Waals surface area contributed by atoms with Gasteiger partial charge < -0.3 is 15.5 Å². The third-order valence-electron chi connectivity index (χ3n) is 4.70. The Morgan fingerprint density at radius 3 is 2.38 bits per heavy atom. The molecular weight excluding hydrogens is 302 g/mol. The number of amides is 2. The smallest absolute Gasteiger partial charge is 0.239 e. The van der Waals surface area contributed by atoms with E-state index >= 15 is 0 Å². The van der Waals surface area contributed by atoms with Gasteiger partial charge in [0.1, 0.15) is 0 Å². The lowest BCUT2D eigenvalue weighted by molar-refractivity contribution is -0.129. The van der Waals surface area contributed by atoms with E-state index in [0.29, 0.717) is 6.54 Å². The highest BCUT2D eigenvalue weighted by Gasteiger charge is 2.21. The molecule has 1 aliphatic rings. The molecule has 1 atom stereocenters. The number of benzene rings is 1. The van der Waals surface area contributed by atoms with Gasteiger partial charge in [0.15, 0.2) is 0 Å². The van der Waals surface area contributed by atoms with Crippen molar-refractivity contribution in [2.24, 2.45) is 5.92 Å². The van der Waals surface area contributed by atoms with Gasteiger partial charge in [-0.1, -0.05) is 49.6 Å². The second-order valence-corrected chi connectivity index (χ2v) is 6.75. The van der Waals surface area contributed by atoms with E-state index in [2.05, 4.69) is 27.7 Å². The van der Waals surface area contributed by atoms with Gasteiger partial charge in [-0.3, -0.25) is 9.59 Å². The summed E-state index contributed by atoms with van der Waals surface area (Å²) < 4.78 is 0. The molecule has 5 nitrogen and oxygen atoms in total. The zero-order valence-electron chi connectivity index (χ0n) is 14.8. The predicted octanol–water partition coefficient (Wildman–Crippen LogP) is 2.10. The van der Waals surface area contributed by atoms with Crippen molar-refractivity contribution >= 4 is 11.8 Å². The normalized spacial score (nSPS) is 16.6. The van der Waals surface area contributed by atoms with Crippen LogP contribution >= 0.6 is 0 Å². The maximum atomic E-state index is 12.1. The quantitative estimate of drug-likeness (QED) is 0.804. The Balaban J connectivity index is 1.76. The van der Waals surface area contributed by atoms with Crippen LogP contribution < -0.4 is 10.6 Å². The number of hydrogen-bond acceptors (Lipinski definition) is 3. The summed E-state index contributed by atoms with van der Waals surface area (Å²) in [7, 11) is 3.99. The molecule has 24 heavy (non-hydrogen) atoms. The number of nitrogens with zero attached hydrogens (tertiary/aromatic N) is 1. The van der Waals surface area contributed by atoms with Crippen LogP contribution in [0.2, 0.25) is 0 Å². The van der Waals surface area contributed by atoms with Crippen LogP contribution in [0.5, 0.6) is 0 Å². The van der Waals surface area contributed by atoms with Crippen molar-refractivity contribution in [3.63, 3.8) is 0 Å². The maximum Gasteiger partial charge on any atom is 0.239 e. The Bertz CT molecular complexity index is 525. The van der Waals surface area contributed by atoms with Gasteiger partial charge in [-0.25, -0.2) is 0 Å². The van der Waals surface area contributed by atoms with Crippen LogP contribution in [0.15, 0.2) is 30.3 Å². The standard InChI is InChI=1S/C19H29N3O2/c1-22(2)17(15-9-5-3-6-10-15)13-20-18(23)14-21-19(24)16-11-7-4-8-12-16/h3,5-6,9-10,16-17H,4,7-8,11-14H2,1-2H3,(H,20,23)(H,21,24). The summed E-state index contributed by atoms with van der Waals surface area (Å²) >= 11 is 0. The molecule has 2 N–H and O–H groups in total. The summed E-state index contributed by atoms with van der Waals surface area (Å²) in [5.74, 6) is -0.0237. The Morgan fingerprint density at radius 1 is 1.08 bits per heavy atom. The van der Waals surface area contributed by atoms with E-state index in [9.17, 15) is 9.59 Å². The second kappa shape index (κ2) is 9.42. The van der Waals surface area contributed by atoms with Gasteiger partial charge in [0.05, 0.1) is 12.6 Å². The van der Waals surface area contributed by atoms with Gasteiger partial charge in [-0.2, -0.15) is 0 Å². The first kappa shape index (κ1) is 18.5. The van der Waals surface area contributed by atoms with E-state index in [1.807, 2.05) is 32.3 Å². The van der Waals surface area contributed by atoms with Crippen LogP contribution in [-0.4, -0.2) is 43.9 Å². The number of hydrogen-bond donors (Lipinski definition) is 2. The van der Waals surface area contributed by atoms with Gasteiger partial charge in [-0.05, 0) is 32.5 Å². The molecule has 5 heteroatoms. The van der Waals surface area contributed by atoms with E-state index in [-0.39, 0.29) is 30.3 Å². The average Bonchev–Trinajstić information content (AvgIpc) is 2.61. The van der Waals surface area contributed by atoms with Crippen molar-refractivity contribution in [2.45, 2.75) is 38.1 Å². The Labute approximate surface area is 144 Å². The molecule has 132 valence electrons. The summed E-state index contributed by atoms with van der Waals surface area (Å²) in [5, 5.41) is 5.71. The van der Waals surface area contributed by atoms with Crippen LogP contribution in [0.1, 0.15) is 43.7 Å². The molecule has 0 saturated heterocycles. The molecule has 0 bridgehead atoms. The highest BCUT2D eigenvalue weighted by atomic mass is 16.2. The third-order valence-corrected chi connectivity index (χ3v) is 4.70. The van der Waals surface area contributed by atoms with Gasteiger partial charge in [-0.15, -0.1) is 0 Å². The summed E-state index contributed by atoms with van der Waals surface area (Å²) in [6.07, 6.45) is 5.35. The van der Waals surface area contributed by atoms with E-state index in [1.54, 1.807) is 0 Å². The highest BCUT2D eigenvalue weighted by molar-refractivity contribution is 5.85. The fraction of sp³-hybridized carbons (Fsp3) is 0.579. The zero-order chi connectivity index (χ0) is 17.4. The molecule has 1 aromatic carbocycles. The highest BCUT2D eigenvalue weighted by Crippen LogP contribution is 2.23. The first-order chi connectivity index (χ1) is 11.6. The van der Waals surface area contributed by atoms with Crippen molar-refractivity contribution in [2.75, 3.05) is 27.2 Å². The molecule has 2 amide bonds. The van der Waals surface area contributed by atoms with E-state index in [0.717, 1.165) is 31.2 Å².